The van der Waals surface area contributed by atoms with Crippen LogP contribution in [0.5, 0.6) is 0 Å². The second kappa shape index (κ2) is 9.42. The highest BCUT2D eigenvalue weighted by Crippen LogP contribution is 2.60. The lowest BCUT2D eigenvalue weighted by molar-refractivity contribution is 0.0168. The number of aliphatic imine (C=N–C) groups is 1. The zero-order valence-corrected chi connectivity index (χ0v) is 16.6. The van der Waals surface area contributed by atoms with Gasteiger partial charge in [0.2, 0.25) is 0 Å². The maximum atomic E-state index is 5.67. The van der Waals surface area contributed by atoms with Crippen LogP contribution in [0.1, 0.15) is 44.9 Å². The predicted octanol–water partition coefficient (Wildman–Crippen LogP) is 2.55. The molecule has 1 heterocycles. The van der Waals surface area contributed by atoms with Crippen LogP contribution in [0.2, 0.25) is 0 Å². The van der Waals surface area contributed by atoms with E-state index in [1.807, 2.05) is 7.05 Å². The lowest BCUT2D eigenvalue weighted by Crippen LogP contribution is -2.41. The van der Waals surface area contributed by atoms with Gasteiger partial charge in [-0.1, -0.05) is 0 Å². The van der Waals surface area contributed by atoms with Crippen LogP contribution in [0.25, 0.3) is 0 Å². The fourth-order valence-corrected chi connectivity index (χ4v) is 3.44. The van der Waals surface area contributed by atoms with Gasteiger partial charge in [-0.2, -0.15) is 0 Å². The smallest absolute Gasteiger partial charge is 0.190 e. The first-order chi connectivity index (χ1) is 10.8. The predicted molar refractivity (Wildman–Crippen MR) is 104 cm³/mol. The van der Waals surface area contributed by atoms with Crippen LogP contribution in [0.15, 0.2) is 4.99 Å². The van der Waals surface area contributed by atoms with E-state index in [1.165, 1.54) is 32.1 Å². The van der Waals surface area contributed by atoms with E-state index in [2.05, 4.69) is 15.6 Å². The van der Waals surface area contributed by atoms with E-state index < -0.39 is 0 Å². The second-order valence-corrected chi connectivity index (χ2v) is 7.05. The molecular formula is C17H32IN3O2. The van der Waals surface area contributed by atoms with Gasteiger partial charge in [0.05, 0.1) is 12.7 Å². The molecular weight excluding hydrogens is 405 g/mol. The fourth-order valence-electron chi connectivity index (χ4n) is 3.44. The Hall–Kier alpha value is -0.0800. The average Bonchev–Trinajstić information content (AvgIpc) is 3.45. The molecule has 6 heteroatoms. The molecule has 0 aromatic heterocycles. The van der Waals surface area contributed by atoms with Crippen molar-refractivity contribution in [3.05, 3.63) is 0 Å². The summed E-state index contributed by atoms with van der Waals surface area (Å²) in [7, 11) is 1.85. The van der Waals surface area contributed by atoms with Crippen LogP contribution in [-0.4, -0.2) is 52.0 Å². The summed E-state index contributed by atoms with van der Waals surface area (Å²) in [6.07, 6.45) is 9.35. The quantitative estimate of drug-likeness (QED) is 0.252. The average molecular weight is 437 g/mol. The number of nitrogens with zero attached hydrogens (tertiary/aromatic N) is 1. The molecule has 5 nitrogen and oxygen atoms in total. The molecule has 0 aromatic rings. The largest absolute Gasteiger partial charge is 0.379 e. The van der Waals surface area contributed by atoms with Gasteiger partial charge in [-0.25, -0.2) is 0 Å². The Morgan fingerprint density at radius 3 is 2.70 bits per heavy atom. The summed E-state index contributed by atoms with van der Waals surface area (Å²) in [5.74, 6) is 1.93. The maximum Gasteiger partial charge on any atom is 0.190 e. The maximum absolute atomic E-state index is 5.67. The molecule has 0 aromatic carbocycles. The Bertz CT molecular complexity index is 378. The van der Waals surface area contributed by atoms with Crippen LogP contribution < -0.4 is 10.6 Å². The minimum absolute atomic E-state index is 0. The summed E-state index contributed by atoms with van der Waals surface area (Å²) in [5, 5.41) is 6.89. The van der Waals surface area contributed by atoms with E-state index in [0.29, 0.717) is 11.5 Å². The van der Waals surface area contributed by atoms with E-state index in [1.54, 1.807) is 0 Å². The van der Waals surface area contributed by atoms with E-state index in [0.717, 1.165) is 57.6 Å². The van der Waals surface area contributed by atoms with Crippen LogP contribution in [0, 0.1) is 11.3 Å². The van der Waals surface area contributed by atoms with Crippen LogP contribution in [0.4, 0.5) is 0 Å². The summed E-state index contributed by atoms with van der Waals surface area (Å²) in [5.41, 5.74) is 0.613. The molecule has 0 spiro atoms. The summed E-state index contributed by atoms with van der Waals surface area (Å²) in [6, 6.07) is 0. The minimum atomic E-state index is 0. The molecule has 3 rings (SSSR count). The van der Waals surface area contributed by atoms with Crippen LogP contribution in [-0.2, 0) is 9.47 Å². The van der Waals surface area contributed by atoms with Gasteiger partial charge in [0, 0.05) is 33.4 Å². The van der Waals surface area contributed by atoms with Gasteiger partial charge in [-0.05, 0) is 56.3 Å². The SMILES string of the molecule is CN=C(NCCCOCC1CCCO1)NCC1(C2CC2)CC1.I. The fraction of sp³-hybridized carbons (Fsp3) is 0.941. The molecule has 0 amide bonds. The van der Waals surface area contributed by atoms with Crippen molar-refractivity contribution in [3.8, 4) is 0 Å². The second-order valence-electron chi connectivity index (χ2n) is 7.05. The number of hydrogen-bond donors (Lipinski definition) is 2. The lowest BCUT2D eigenvalue weighted by Gasteiger charge is -2.18. The molecule has 134 valence electrons. The monoisotopic (exact) mass is 437 g/mol. The van der Waals surface area contributed by atoms with Gasteiger partial charge < -0.3 is 20.1 Å². The summed E-state index contributed by atoms with van der Waals surface area (Å²) < 4.78 is 11.2. The Balaban J connectivity index is 0.00000192. The van der Waals surface area contributed by atoms with E-state index in [9.17, 15) is 0 Å². The Morgan fingerprint density at radius 1 is 1.26 bits per heavy atom. The molecule has 3 aliphatic rings. The standard InChI is InChI=1S/C17H31N3O2.HI/c1-18-16(20-13-17(7-8-17)14-5-6-14)19-9-3-10-21-12-15-4-2-11-22-15;/h14-15H,2-13H2,1H3,(H2,18,19,20);1H. The van der Waals surface area contributed by atoms with Gasteiger partial charge in [0.15, 0.2) is 5.96 Å². The Morgan fingerprint density at radius 2 is 2.09 bits per heavy atom. The molecule has 3 fully saturated rings. The first-order valence-electron chi connectivity index (χ1n) is 8.96. The van der Waals surface area contributed by atoms with Crippen molar-refractivity contribution < 1.29 is 9.47 Å². The highest BCUT2D eigenvalue weighted by atomic mass is 127. The van der Waals surface area contributed by atoms with Crippen molar-refractivity contribution in [3.63, 3.8) is 0 Å². The zero-order valence-electron chi connectivity index (χ0n) is 14.3. The van der Waals surface area contributed by atoms with Gasteiger partial charge in [0.25, 0.3) is 0 Å². The van der Waals surface area contributed by atoms with Gasteiger partial charge >= 0.3 is 0 Å². The number of ether oxygens (including phenoxy) is 2. The molecule has 2 N–H and O–H groups in total. The third-order valence-corrected chi connectivity index (χ3v) is 5.25. The summed E-state index contributed by atoms with van der Waals surface area (Å²) in [6.45, 7) is 4.43. The van der Waals surface area contributed by atoms with Crippen molar-refractivity contribution in [2.45, 2.75) is 51.0 Å². The van der Waals surface area contributed by atoms with Crippen molar-refractivity contribution in [2.75, 3.05) is 40.0 Å². The van der Waals surface area contributed by atoms with Gasteiger partial charge in [-0.15, -0.1) is 24.0 Å². The van der Waals surface area contributed by atoms with E-state index in [4.69, 9.17) is 9.47 Å². The number of nitrogens with one attached hydrogen (secondary N) is 2. The van der Waals surface area contributed by atoms with Crippen molar-refractivity contribution >= 4 is 29.9 Å². The molecule has 2 aliphatic carbocycles. The normalized spacial score (nSPS) is 25.8. The molecule has 1 aliphatic heterocycles. The summed E-state index contributed by atoms with van der Waals surface area (Å²) in [4.78, 5) is 4.31. The zero-order chi connectivity index (χ0) is 15.3. The molecule has 1 unspecified atom stereocenters. The summed E-state index contributed by atoms with van der Waals surface area (Å²) >= 11 is 0. The van der Waals surface area contributed by atoms with Gasteiger partial charge in [-0.3, -0.25) is 4.99 Å². The first kappa shape index (κ1) is 19.2. The van der Waals surface area contributed by atoms with Crippen LogP contribution >= 0.6 is 24.0 Å². The Kier molecular flexibility index (Phi) is 7.88. The lowest BCUT2D eigenvalue weighted by atomic mass is 10.0. The number of hydrogen-bond acceptors (Lipinski definition) is 3. The topological polar surface area (TPSA) is 54.9 Å². The van der Waals surface area contributed by atoms with Crippen LogP contribution in [0.3, 0.4) is 0 Å². The third-order valence-electron chi connectivity index (χ3n) is 5.25. The van der Waals surface area contributed by atoms with Crippen molar-refractivity contribution in [2.24, 2.45) is 16.3 Å². The molecule has 0 bridgehead atoms. The highest BCUT2D eigenvalue weighted by molar-refractivity contribution is 14.0. The van der Waals surface area contributed by atoms with Gasteiger partial charge in [0.1, 0.15) is 0 Å². The Labute approximate surface area is 157 Å². The number of rotatable bonds is 9. The third kappa shape index (κ3) is 6.05. The molecule has 1 atom stereocenters. The number of halogens is 1. The minimum Gasteiger partial charge on any atom is -0.379 e. The molecule has 1 saturated heterocycles. The molecule has 23 heavy (non-hydrogen) atoms. The van der Waals surface area contributed by atoms with Crippen molar-refractivity contribution in [1.82, 2.24) is 10.6 Å². The molecule has 2 saturated carbocycles. The van der Waals surface area contributed by atoms with E-state index >= 15 is 0 Å². The number of guanidine groups is 1. The van der Waals surface area contributed by atoms with Crippen molar-refractivity contribution in [1.29, 1.82) is 0 Å². The van der Waals surface area contributed by atoms with E-state index in [-0.39, 0.29) is 24.0 Å². The highest BCUT2D eigenvalue weighted by Gasteiger charge is 2.53. The molecule has 0 radical (unpaired) electrons. The first-order valence-corrected chi connectivity index (χ1v) is 8.96.